The lowest BCUT2D eigenvalue weighted by Crippen LogP contribution is -2.55. The van der Waals surface area contributed by atoms with Gasteiger partial charge in [-0.05, 0) is 0 Å². The van der Waals surface area contributed by atoms with Crippen LogP contribution in [0.5, 0.6) is 0 Å². The van der Waals surface area contributed by atoms with Gasteiger partial charge in [-0.2, -0.15) is 21.6 Å². The molecule has 0 aromatic rings. The third-order valence-electron chi connectivity index (χ3n) is 2.49. The summed E-state index contributed by atoms with van der Waals surface area (Å²) >= 11 is 0. The average Bonchev–Trinajstić information content (AvgIpc) is 2.18. The molecule has 2 bridgehead atoms. The Labute approximate surface area is 91.6 Å². The molecule has 0 spiro atoms. The maximum absolute atomic E-state index is 10.7. The third kappa shape index (κ3) is 3.89. The molecule has 0 aromatic heterocycles. The van der Waals surface area contributed by atoms with Gasteiger partial charge in [0.05, 0.1) is 0 Å². The quantitative estimate of drug-likeness (QED) is 0.492. The summed E-state index contributed by atoms with van der Waals surface area (Å²) in [4.78, 5) is 5.08. The van der Waals surface area contributed by atoms with Gasteiger partial charge in [0.2, 0.25) is 0 Å². The molecule has 1 N–H and O–H groups in total. The average molecular weight is 262 g/mol. The van der Waals surface area contributed by atoms with Gasteiger partial charge in [-0.15, -0.1) is 0 Å². The first-order valence-electron chi connectivity index (χ1n) is 4.68. The molecule has 3 fully saturated rings. The molecule has 3 aliphatic rings. The second kappa shape index (κ2) is 4.86. The molecule has 96 valence electrons. The number of hydrogen-bond acceptors (Lipinski definition) is 4. The molecular formula is C7H13F3N2O3S. The first-order chi connectivity index (χ1) is 7.20. The number of fused-ring (bicyclic) bond motifs is 3. The highest BCUT2D eigenvalue weighted by Crippen LogP contribution is 2.20. The van der Waals surface area contributed by atoms with Gasteiger partial charge in [0, 0.05) is 39.3 Å². The van der Waals surface area contributed by atoms with Crippen molar-refractivity contribution in [2.75, 3.05) is 39.3 Å². The molecule has 0 aromatic carbocycles. The Hall–Kier alpha value is -0.380. The lowest BCUT2D eigenvalue weighted by atomic mass is 10.2. The molecular weight excluding hydrogens is 249 g/mol. The molecule has 0 unspecified atom stereocenters. The van der Waals surface area contributed by atoms with Crippen LogP contribution >= 0.6 is 0 Å². The van der Waals surface area contributed by atoms with Crippen LogP contribution in [-0.4, -0.2) is 67.5 Å². The van der Waals surface area contributed by atoms with Crippen molar-refractivity contribution in [3.63, 3.8) is 0 Å². The molecule has 0 saturated carbocycles. The molecule has 9 heteroatoms. The van der Waals surface area contributed by atoms with Crippen LogP contribution in [0, 0.1) is 0 Å². The lowest BCUT2D eigenvalue weighted by molar-refractivity contribution is -0.0510. The Morgan fingerprint density at radius 2 is 1.06 bits per heavy atom. The minimum atomic E-state index is -5.84. The van der Waals surface area contributed by atoms with Crippen LogP contribution in [0.25, 0.3) is 0 Å². The summed E-state index contributed by atoms with van der Waals surface area (Å²) in [6.07, 6.45) is 0. The molecule has 0 atom stereocenters. The van der Waals surface area contributed by atoms with Gasteiger partial charge in [-0.1, -0.05) is 0 Å². The smallest absolute Gasteiger partial charge is 0.300 e. The predicted molar refractivity (Wildman–Crippen MR) is 50.5 cm³/mol. The van der Waals surface area contributed by atoms with E-state index in [1.807, 2.05) is 0 Å². The van der Waals surface area contributed by atoms with E-state index < -0.39 is 15.6 Å². The van der Waals surface area contributed by atoms with Crippen LogP contribution in [0.3, 0.4) is 0 Å². The summed E-state index contributed by atoms with van der Waals surface area (Å²) in [5.41, 5.74) is -5.53. The van der Waals surface area contributed by atoms with Crippen LogP contribution < -0.4 is 0 Å². The monoisotopic (exact) mass is 262 g/mol. The highest BCUT2D eigenvalue weighted by molar-refractivity contribution is 7.86. The number of hydrogen-bond donors (Lipinski definition) is 1. The van der Waals surface area contributed by atoms with Gasteiger partial charge in [0.15, 0.2) is 0 Å². The van der Waals surface area contributed by atoms with Crippen molar-refractivity contribution in [3.05, 3.63) is 0 Å². The van der Waals surface area contributed by atoms with Crippen LogP contribution in [0.15, 0.2) is 0 Å². The zero-order valence-corrected chi connectivity index (χ0v) is 9.26. The molecule has 3 rings (SSSR count). The molecule has 0 radical (unpaired) electrons. The fraction of sp³-hybridized carbons (Fsp3) is 1.00. The molecule has 3 aliphatic heterocycles. The van der Waals surface area contributed by atoms with Crippen molar-refractivity contribution in [3.8, 4) is 0 Å². The summed E-state index contributed by atoms with van der Waals surface area (Å²) in [6, 6.07) is 0. The van der Waals surface area contributed by atoms with Crippen molar-refractivity contribution < 1.29 is 26.1 Å². The highest BCUT2D eigenvalue weighted by atomic mass is 32.2. The molecule has 3 heterocycles. The van der Waals surface area contributed by atoms with Crippen molar-refractivity contribution >= 4 is 10.1 Å². The molecule has 3 saturated heterocycles. The van der Waals surface area contributed by atoms with Gasteiger partial charge in [-0.3, -0.25) is 14.4 Å². The van der Waals surface area contributed by atoms with Gasteiger partial charge in [0.25, 0.3) is 0 Å². The van der Waals surface area contributed by atoms with E-state index in [0.29, 0.717) is 0 Å². The summed E-state index contributed by atoms with van der Waals surface area (Å²) in [5, 5.41) is 0. The van der Waals surface area contributed by atoms with Crippen molar-refractivity contribution in [2.45, 2.75) is 5.51 Å². The standard InChI is InChI=1S/C6H12N2.CHF3O3S/c1-2-8-5-3-7(1)4-6-8;2-1(3,4)8(5,6)7/h1-6H2;(H,5,6,7). The maximum atomic E-state index is 10.7. The Bertz CT molecular complexity index is 299. The highest BCUT2D eigenvalue weighted by Gasteiger charge is 2.44. The summed E-state index contributed by atoms with van der Waals surface area (Å²) in [7, 11) is -5.84. The molecule has 5 nitrogen and oxygen atoms in total. The van der Waals surface area contributed by atoms with E-state index in [9.17, 15) is 13.2 Å². The van der Waals surface area contributed by atoms with E-state index in [0.717, 1.165) is 0 Å². The number of piperazine rings is 3. The van der Waals surface area contributed by atoms with Gasteiger partial charge < -0.3 is 0 Å². The number of nitrogens with zero attached hydrogens (tertiary/aromatic N) is 2. The Kier molecular flexibility index (Phi) is 4.16. The van der Waals surface area contributed by atoms with Gasteiger partial charge >= 0.3 is 15.6 Å². The lowest BCUT2D eigenvalue weighted by Gasteiger charge is -2.41. The van der Waals surface area contributed by atoms with E-state index in [4.69, 9.17) is 13.0 Å². The van der Waals surface area contributed by atoms with Crippen LogP contribution in [0.4, 0.5) is 13.2 Å². The second-order valence-corrected chi connectivity index (χ2v) is 5.02. The van der Waals surface area contributed by atoms with Gasteiger partial charge in [-0.25, -0.2) is 0 Å². The third-order valence-corrected chi connectivity index (χ3v) is 3.07. The minimum absolute atomic E-state index is 1.32. The minimum Gasteiger partial charge on any atom is -0.300 e. The van der Waals surface area contributed by atoms with Crippen LogP contribution in [-0.2, 0) is 10.1 Å². The summed E-state index contributed by atoms with van der Waals surface area (Å²) < 4.78 is 57.5. The van der Waals surface area contributed by atoms with E-state index in [2.05, 4.69) is 9.80 Å². The fourth-order valence-electron chi connectivity index (χ4n) is 1.52. The number of rotatable bonds is 0. The molecule has 16 heavy (non-hydrogen) atoms. The van der Waals surface area contributed by atoms with Crippen molar-refractivity contribution in [2.24, 2.45) is 0 Å². The second-order valence-electron chi connectivity index (χ2n) is 3.60. The van der Waals surface area contributed by atoms with E-state index >= 15 is 0 Å². The number of alkyl halides is 3. The van der Waals surface area contributed by atoms with E-state index in [1.54, 1.807) is 0 Å². The SMILES string of the molecule is C1CN2CCN1CC2.O=S(=O)(O)C(F)(F)F. The Morgan fingerprint density at radius 3 is 1.12 bits per heavy atom. The van der Waals surface area contributed by atoms with Gasteiger partial charge in [0.1, 0.15) is 0 Å². The largest absolute Gasteiger partial charge is 0.522 e. The summed E-state index contributed by atoms with van der Waals surface area (Å²) in [5.74, 6) is 0. The van der Waals surface area contributed by atoms with E-state index in [1.165, 1.54) is 39.3 Å². The molecule has 0 aliphatic carbocycles. The topological polar surface area (TPSA) is 60.9 Å². The first-order valence-corrected chi connectivity index (χ1v) is 6.12. The van der Waals surface area contributed by atoms with E-state index in [-0.39, 0.29) is 0 Å². The zero-order valence-electron chi connectivity index (χ0n) is 8.44. The van der Waals surface area contributed by atoms with Crippen molar-refractivity contribution in [1.29, 1.82) is 0 Å². The van der Waals surface area contributed by atoms with Crippen molar-refractivity contribution in [1.82, 2.24) is 9.80 Å². The first kappa shape index (κ1) is 13.7. The predicted octanol–water partition coefficient (Wildman–Crippen LogP) is 0.0116. The Balaban J connectivity index is 0.000000160. The van der Waals surface area contributed by atoms with Crippen LogP contribution in [0.1, 0.15) is 0 Å². The van der Waals surface area contributed by atoms with Crippen LogP contribution in [0.2, 0.25) is 0 Å². The zero-order chi connectivity index (χ0) is 12.4. The molecule has 0 amide bonds. The Morgan fingerprint density at radius 1 is 0.875 bits per heavy atom. The fourth-order valence-corrected chi connectivity index (χ4v) is 1.52. The summed E-state index contributed by atoms with van der Waals surface area (Å²) in [6.45, 7) is 7.92. The maximum Gasteiger partial charge on any atom is 0.522 e. The number of halogens is 3. The normalized spacial score (nSPS) is 29.5.